The number of para-hydroxylation sites is 2. The van der Waals surface area contributed by atoms with E-state index < -0.39 is 5.91 Å². The first-order chi connectivity index (χ1) is 21.3. The normalized spacial score (nSPS) is 14.3. The van der Waals surface area contributed by atoms with Crippen molar-refractivity contribution in [2.24, 2.45) is 0 Å². The van der Waals surface area contributed by atoms with Crippen molar-refractivity contribution in [3.63, 3.8) is 0 Å². The second-order valence-corrected chi connectivity index (χ2v) is 11.0. The van der Waals surface area contributed by atoms with E-state index in [1.165, 1.54) is 4.57 Å². The molecule has 0 radical (unpaired) electrons. The van der Waals surface area contributed by atoms with E-state index in [0.29, 0.717) is 22.5 Å². The van der Waals surface area contributed by atoms with Gasteiger partial charge in [-0.25, -0.2) is 0 Å². The van der Waals surface area contributed by atoms with Crippen LogP contribution in [0.3, 0.4) is 0 Å². The minimum absolute atomic E-state index is 0.0277. The number of anilines is 3. The van der Waals surface area contributed by atoms with Gasteiger partial charge in [0.25, 0.3) is 11.5 Å². The SMILES string of the molecule is C#CCNC(=O)/C(C#N)=c1\s/c(=C/Nc2cccc(N(C)C(=O)CN3CCN(c4ccccc4OC)CC3)c2)c(=O)n1CC. The lowest BCUT2D eigenvalue weighted by Crippen LogP contribution is -2.49. The van der Waals surface area contributed by atoms with Crippen LogP contribution in [0.25, 0.3) is 11.8 Å². The van der Waals surface area contributed by atoms with Crippen molar-refractivity contribution in [2.75, 3.05) is 68.5 Å². The molecule has 2 heterocycles. The molecular formula is C32H35N7O4S. The Morgan fingerprint density at radius 1 is 1.16 bits per heavy atom. The molecule has 3 aromatic rings. The fourth-order valence-electron chi connectivity index (χ4n) is 4.84. The van der Waals surface area contributed by atoms with Crippen LogP contribution in [0, 0.1) is 23.7 Å². The zero-order valence-corrected chi connectivity index (χ0v) is 25.8. The fourth-order valence-corrected chi connectivity index (χ4v) is 5.93. The highest BCUT2D eigenvalue weighted by molar-refractivity contribution is 7.07. The van der Waals surface area contributed by atoms with E-state index in [9.17, 15) is 19.6 Å². The lowest BCUT2D eigenvalue weighted by atomic mass is 10.2. The van der Waals surface area contributed by atoms with Gasteiger partial charge in [-0.05, 0) is 37.3 Å². The Hall–Kier alpha value is -5.04. The molecule has 2 amide bonds. The smallest absolute Gasteiger partial charge is 0.270 e. The topological polar surface area (TPSA) is 123 Å². The molecule has 1 aliphatic rings. The Kier molecular flexibility index (Phi) is 10.8. The van der Waals surface area contributed by atoms with Crippen LogP contribution in [0.4, 0.5) is 17.1 Å². The van der Waals surface area contributed by atoms with Gasteiger partial charge < -0.3 is 25.2 Å². The zero-order chi connectivity index (χ0) is 31.6. The molecule has 1 fully saturated rings. The van der Waals surface area contributed by atoms with E-state index in [1.54, 1.807) is 32.2 Å². The monoisotopic (exact) mass is 613 g/mol. The first-order valence-corrected chi connectivity index (χ1v) is 14.9. The third-order valence-corrected chi connectivity index (χ3v) is 8.39. The summed E-state index contributed by atoms with van der Waals surface area (Å²) in [5.74, 6) is 2.47. The number of ether oxygens (including phenoxy) is 1. The molecule has 0 bridgehead atoms. The maximum Gasteiger partial charge on any atom is 0.270 e. The molecular weight excluding hydrogens is 578 g/mol. The Morgan fingerprint density at radius 2 is 1.91 bits per heavy atom. The van der Waals surface area contributed by atoms with Gasteiger partial charge in [-0.1, -0.05) is 24.1 Å². The van der Waals surface area contributed by atoms with E-state index >= 15 is 0 Å². The van der Waals surface area contributed by atoms with E-state index in [1.807, 2.05) is 54.6 Å². The molecule has 1 aromatic heterocycles. The molecule has 12 heteroatoms. The lowest BCUT2D eigenvalue weighted by molar-refractivity contribution is -0.119. The molecule has 0 aliphatic carbocycles. The van der Waals surface area contributed by atoms with E-state index in [4.69, 9.17) is 11.2 Å². The molecule has 44 heavy (non-hydrogen) atoms. The van der Waals surface area contributed by atoms with Crippen LogP contribution >= 0.6 is 11.3 Å². The van der Waals surface area contributed by atoms with Crippen LogP contribution in [0.1, 0.15) is 6.92 Å². The first-order valence-electron chi connectivity index (χ1n) is 14.1. The molecule has 11 nitrogen and oxygen atoms in total. The number of carbonyl (C=O) groups is 2. The van der Waals surface area contributed by atoms with Gasteiger partial charge in [0.15, 0.2) is 5.57 Å². The number of benzene rings is 2. The molecule has 4 rings (SSSR count). The van der Waals surface area contributed by atoms with E-state index in [0.717, 1.165) is 49.0 Å². The first kappa shape index (κ1) is 31.9. The Morgan fingerprint density at radius 3 is 2.59 bits per heavy atom. The minimum atomic E-state index is -0.632. The van der Waals surface area contributed by atoms with Crippen molar-refractivity contribution in [3.05, 3.63) is 68.1 Å². The summed E-state index contributed by atoms with van der Waals surface area (Å²) in [6.45, 7) is 5.40. The summed E-state index contributed by atoms with van der Waals surface area (Å²) >= 11 is 1.04. The highest BCUT2D eigenvalue weighted by Gasteiger charge is 2.23. The molecule has 2 N–H and O–H groups in total. The molecule has 1 saturated heterocycles. The maximum absolute atomic E-state index is 13.2. The molecule has 228 valence electrons. The number of hydrogen-bond donors (Lipinski definition) is 2. The summed E-state index contributed by atoms with van der Waals surface area (Å²) in [4.78, 5) is 44.7. The molecule has 2 aromatic carbocycles. The average Bonchev–Trinajstić information content (AvgIpc) is 3.37. The van der Waals surface area contributed by atoms with Crippen LogP contribution in [0.2, 0.25) is 0 Å². The van der Waals surface area contributed by atoms with Gasteiger partial charge >= 0.3 is 0 Å². The number of carbonyl (C=O) groups excluding carboxylic acids is 2. The minimum Gasteiger partial charge on any atom is -0.495 e. The van der Waals surface area contributed by atoms with Crippen LogP contribution in [0.15, 0.2) is 53.3 Å². The maximum atomic E-state index is 13.2. The molecule has 0 atom stereocenters. The largest absolute Gasteiger partial charge is 0.495 e. The number of nitrogens with zero attached hydrogens (tertiary/aromatic N) is 5. The third kappa shape index (κ3) is 7.29. The van der Waals surface area contributed by atoms with Gasteiger partial charge in [0.2, 0.25) is 5.91 Å². The summed E-state index contributed by atoms with van der Waals surface area (Å²) in [6, 6.07) is 17.1. The van der Waals surface area contributed by atoms with Crippen molar-refractivity contribution in [1.29, 1.82) is 5.26 Å². The number of hydrogen-bond acceptors (Lipinski definition) is 9. The number of likely N-dealkylation sites (N-methyl/N-ethyl adjacent to an activating group) is 1. The summed E-state index contributed by atoms with van der Waals surface area (Å²) in [7, 11) is 3.41. The van der Waals surface area contributed by atoms with Gasteiger partial charge in [-0.3, -0.25) is 23.9 Å². The Balaban J connectivity index is 1.44. The summed E-state index contributed by atoms with van der Waals surface area (Å²) in [5.41, 5.74) is 1.92. The number of nitrogens with one attached hydrogen (secondary N) is 2. The Labute approximate surface area is 260 Å². The number of methoxy groups -OCH3 is 1. The Bertz CT molecular complexity index is 1770. The number of thiazole rings is 1. The van der Waals surface area contributed by atoms with Crippen molar-refractivity contribution in [3.8, 4) is 24.2 Å². The van der Waals surface area contributed by atoms with E-state index in [2.05, 4.69) is 26.4 Å². The van der Waals surface area contributed by atoms with Gasteiger partial charge in [0, 0.05) is 57.3 Å². The van der Waals surface area contributed by atoms with Crippen molar-refractivity contribution >= 4 is 52.0 Å². The second kappa shape index (κ2) is 14.9. The quantitative estimate of drug-likeness (QED) is 0.325. The van der Waals surface area contributed by atoms with Crippen LogP contribution in [-0.4, -0.2) is 74.7 Å². The van der Waals surface area contributed by atoms with Crippen LogP contribution in [-0.2, 0) is 16.1 Å². The predicted molar refractivity (Wildman–Crippen MR) is 174 cm³/mol. The number of amides is 2. The van der Waals surface area contributed by atoms with Crippen molar-refractivity contribution < 1.29 is 14.3 Å². The summed E-state index contributed by atoms with van der Waals surface area (Å²) < 4.78 is 7.46. The summed E-state index contributed by atoms with van der Waals surface area (Å²) in [5, 5.41) is 15.2. The van der Waals surface area contributed by atoms with E-state index in [-0.39, 0.29) is 34.8 Å². The standard InChI is InChI=1S/C32H35N7O4S/c1-5-14-34-30(41)25(20-33)32-39(6-2)31(42)28(44-32)21-35-23-10-9-11-24(19-23)36(3)29(40)22-37-15-17-38(18-16-37)26-12-7-8-13-27(26)43-4/h1,7-13,19,21,35H,6,14-18,22H2,2-4H3,(H,34,41)/b28-21+,32-25-. The van der Waals surface area contributed by atoms with Gasteiger partial charge in [-0.15, -0.1) is 17.8 Å². The molecule has 0 saturated carbocycles. The van der Waals surface area contributed by atoms with Crippen molar-refractivity contribution in [1.82, 2.24) is 14.8 Å². The average molecular weight is 614 g/mol. The van der Waals surface area contributed by atoms with Gasteiger partial charge in [-0.2, -0.15) is 5.26 Å². The third-order valence-electron chi connectivity index (χ3n) is 7.26. The highest BCUT2D eigenvalue weighted by atomic mass is 32.1. The number of nitriles is 1. The highest BCUT2D eigenvalue weighted by Crippen LogP contribution is 2.28. The zero-order valence-electron chi connectivity index (χ0n) is 25.0. The predicted octanol–water partition coefficient (Wildman–Crippen LogP) is 0.997. The van der Waals surface area contributed by atoms with Crippen LogP contribution in [0.5, 0.6) is 5.75 Å². The fraction of sp³-hybridized carbons (Fsp3) is 0.312. The summed E-state index contributed by atoms with van der Waals surface area (Å²) in [6.07, 6.45) is 6.74. The van der Waals surface area contributed by atoms with Crippen molar-refractivity contribution in [2.45, 2.75) is 13.5 Å². The lowest BCUT2D eigenvalue weighted by Gasteiger charge is -2.36. The second-order valence-electron chi connectivity index (χ2n) is 9.92. The van der Waals surface area contributed by atoms with Gasteiger partial charge in [0.1, 0.15) is 21.0 Å². The molecule has 0 unspecified atom stereocenters. The van der Waals surface area contributed by atoms with Crippen LogP contribution < -0.4 is 39.9 Å². The molecule has 1 aliphatic heterocycles. The number of aromatic nitrogens is 1. The number of terminal acetylenes is 1. The number of piperazine rings is 1. The number of rotatable bonds is 10. The van der Waals surface area contributed by atoms with Gasteiger partial charge in [0.05, 0.1) is 25.9 Å². The molecule has 0 spiro atoms.